The fraction of sp³-hybridized carbons (Fsp3) is 0.571. The number of nitrogens with zero attached hydrogens (tertiary/aromatic N) is 3. The van der Waals surface area contributed by atoms with Crippen LogP contribution in [0.15, 0.2) is 29.7 Å². The van der Waals surface area contributed by atoms with Crippen molar-refractivity contribution < 1.29 is 9.53 Å². The van der Waals surface area contributed by atoms with Crippen molar-refractivity contribution in [2.75, 3.05) is 26.2 Å². The van der Waals surface area contributed by atoms with Gasteiger partial charge in [0.1, 0.15) is 15.1 Å². The first-order valence-corrected chi connectivity index (χ1v) is 7.85. The van der Waals surface area contributed by atoms with Crippen molar-refractivity contribution in [1.29, 1.82) is 0 Å². The van der Waals surface area contributed by atoms with Crippen molar-refractivity contribution in [3.8, 4) is 0 Å². The van der Waals surface area contributed by atoms with E-state index >= 15 is 0 Å². The highest BCUT2D eigenvalue weighted by atomic mass is 127. The number of hydrogen-bond donors (Lipinski definition) is 1. The Kier molecular flexibility index (Phi) is 6.50. The van der Waals surface area contributed by atoms with E-state index in [1.54, 1.807) is 17.2 Å². The number of carbonyl (C=O) groups excluding carboxylic acids is 1. The van der Waals surface area contributed by atoms with Crippen LogP contribution in [0.5, 0.6) is 0 Å². The Morgan fingerprint density at radius 3 is 2.29 bits per heavy atom. The third-order valence-electron chi connectivity index (χ3n) is 2.79. The van der Waals surface area contributed by atoms with E-state index in [1.807, 2.05) is 25.7 Å². The fourth-order valence-electron chi connectivity index (χ4n) is 1.74. The minimum absolute atomic E-state index is 0.274. The lowest BCUT2D eigenvalue weighted by molar-refractivity contribution is 0.0168. The molecule has 118 valence electrons. The summed E-state index contributed by atoms with van der Waals surface area (Å²) < 4.78 is 6.14. The second-order valence-electron chi connectivity index (χ2n) is 5.66. The first-order chi connectivity index (χ1) is 9.73. The van der Waals surface area contributed by atoms with Crippen molar-refractivity contribution in [3.63, 3.8) is 0 Å². The lowest BCUT2D eigenvalue weighted by atomic mass is 10.2. The Labute approximate surface area is 139 Å². The van der Waals surface area contributed by atoms with E-state index in [4.69, 9.17) is 10.5 Å². The molecule has 2 N–H and O–H groups in total. The summed E-state index contributed by atoms with van der Waals surface area (Å²) in [6.45, 7) is 11.7. The molecule has 0 bridgehead atoms. The molecule has 0 aliphatic carbocycles. The van der Waals surface area contributed by atoms with Gasteiger partial charge in [0.05, 0.1) is 6.20 Å². The van der Waals surface area contributed by atoms with Crippen LogP contribution >= 0.6 is 22.6 Å². The molecule has 6 nitrogen and oxygen atoms in total. The van der Waals surface area contributed by atoms with Gasteiger partial charge in [-0.25, -0.2) is 9.79 Å². The third-order valence-corrected chi connectivity index (χ3v) is 3.50. The summed E-state index contributed by atoms with van der Waals surface area (Å²) >= 11 is 2.08. The van der Waals surface area contributed by atoms with Crippen LogP contribution in [0.4, 0.5) is 4.79 Å². The normalized spacial score (nSPS) is 17.7. The summed E-state index contributed by atoms with van der Waals surface area (Å²) in [5.41, 5.74) is 5.51. The van der Waals surface area contributed by atoms with Crippen molar-refractivity contribution >= 4 is 32.4 Å². The number of amides is 1. The number of nitrogens with two attached hydrogens (primary N) is 1. The van der Waals surface area contributed by atoms with Gasteiger partial charge in [0.25, 0.3) is 0 Å². The van der Waals surface area contributed by atoms with Gasteiger partial charge in [-0.2, -0.15) is 0 Å². The van der Waals surface area contributed by atoms with Crippen molar-refractivity contribution in [1.82, 2.24) is 9.80 Å². The van der Waals surface area contributed by atoms with Crippen LogP contribution < -0.4 is 5.73 Å². The Balaban J connectivity index is 2.52. The molecule has 7 heteroatoms. The third kappa shape index (κ3) is 6.36. The van der Waals surface area contributed by atoms with Crippen LogP contribution in [0.1, 0.15) is 20.8 Å². The van der Waals surface area contributed by atoms with E-state index in [-0.39, 0.29) is 6.09 Å². The van der Waals surface area contributed by atoms with E-state index in [9.17, 15) is 4.79 Å². The maximum absolute atomic E-state index is 11.9. The first kappa shape index (κ1) is 17.8. The van der Waals surface area contributed by atoms with Crippen molar-refractivity contribution in [3.05, 3.63) is 24.7 Å². The molecule has 0 saturated carbocycles. The topological polar surface area (TPSA) is 71.2 Å². The van der Waals surface area contributed by atoms with Crippen molar-refractivity contribution in [2.24, 2.45) is 10.7 Å². The van der Waals surface area contributed by atoms with Gasteiger partial charge in [0.15, 0.2) is 0 Å². The minimum atomic E-state index is -0.469. The average Bonchev–Trinajstić information content (AvgIpc) is 2.42. The second kappa shape index (κ2) is 7.67. The maximum Gasteiger partial charge on any atom is 0.410 e. The molecule has 0 spiro atoms. The summed E-state index contributed by atoms with van der Waals surface area (Å²) in [6, 6.07) is 0. The van der Waals surface area contributed by atoms with Crippen LogP contribution in [0.2, 0.25) is 0 Å². The number of ether oxygens (including phenoxy) is 1. The Hall–Kier alpha value is -1.25. The zero-order chi connectivity index (χ0) is 16.0. The van der Waals surface area contributed by atoms with Gasteiger partial charge >= 0.3 is 6.09 Å². The van der Waals surface area contributed by atoms with E-state index in [0.717, 1.165) is 3.72 Å². The highest BCUT2D eigenvalue weighted by Gasteiger charge is 2.25. The second-order valence-corrected chi connectivity index (χ2v) is 6.77. The summed E-state index contributed by atoms with van der Waals surface area (Å²) in [4.78, 5) is 19.8. The van der Waals surface area contributed by atoms with Gasteiger partial charge < -0.3 is 20.3 Å². The number of hydrogen-bond acceptors (Lipinski definition) is 5. The molecule has 1 saturated heterocycles. The molecule has 0 aromatic heterocycles. The van der Waals surface area contributed by atoms with Crippen molar-refractivity contribution in [2.45, 2.75) is 26.4 Å². The SMILES string of the molecule is C=C/C(I)=N\C=C(/N)N1CCN(C(=O)OC(C)(C)C)CC1. The summed E-state index contributed by atoms with van der Waals surface area (Å²) in [6.07, 6.45) is 3.00. The molecule has 1 rings (SSSR count). The molecule has 0 radical (unpaired) electrons. The molecule has 0 aromatic carbocycles. The number of halogens is 1. The molecular formula is C14H23IN4O2. The molecule has 0 unspecified atom stereocenters. The highest BCUT2D eigenvalue weighted by Crippen LogP contribution is 2.13. The summed E-state index contributed by atoms with van der Waals surface area (Å²) in [5, 5.41) is 0. The smallest absolute Gasteiger partial charge is 0.410 e. The Morgan fingerprint density at radius 1 is 1.29 bits per heavy atom. The number of aliphatic imine (C=N–C) groups is 1. The molecule has 1 heterocycles. The van der Waals surface area contributed by atoms with Gasteiger partial charge in [-0.3, -0.25) is 0 Å². The molecule has 1 fully saturated rings. The van der Waals surface area contributed by atoms with Crippen LogP contribution in [0, 0.1) is 0 Å². The van der Waals surface area contributed by atoms with Gasteiger partial charge in [-0.05, 0) is 49.4 Å². The first-order valence-electron chi connectivity index (χ1n) is 6.77. The van der Waals surface area contributed by atoms with E-state index in [1.165, 1.54) is 0 Å². The lowest BCUT2D eigenvalue weighted by Crippen LogP contribution is -2.50. The quantitative estimate of drug-likeness (QED) is 0.577. The number of carbonyl (C=O) groups is 1. The molecule has 1 aliphatic heterocycles. The zero-order valence-corrected chi connectivity index (χ0v) is 15.0. The van der Waals surface area contributed by atoms with E-state index in [0.29, 0.717) is 32.0 Å². The molecule has 1 aliphatic rings. The predicted molar refractivity (Wildman–Crippen MR) is 93.3 cm³/mol. The van der Waals surface area contributed by atoms with Crippen LogP contribution in [0.25, 0.3) is 0 Å². The van der Waals surface area contributed by atoms with E-state index < -0.39 is 5.60 Å². The standard InChI is InChI=1S/C14H23IN4O2/c1-5-11(15)17-10-12(16)18-6-8-19(9-7-18)13(20)21-14(2,3)4/h5,10H,1,6-9,16H2,2-4H3/b12-10+,17-11+. The highest BCUT2D eigenvalue weighted by molar-refractivity contribution is 14.1. The Morgan fingerprint density at radius 2 is 1.81 bits per heavy atom. The van der Waals surface area contributed by atoms with Crippen LogP contribution in [-0.4, -0.2) is 51.4 Å². The molecule has 0 aromatic rings. The number of piperazine rings is 1. The fourth-order valence-corrected chi connectivity index (χ4v) is 1.88. The minimum Gasteiger partial charge on any atom is -0.444 e. The largest absolute Gasteiger partial charge is 0.444 e. The average molecular weight is 406 g/mol. The van der Waals surface area contributed by atoms with Gasteiger partial charge in [0.2, 0.25) is 0 Å². The van der Waals surface area contributed by atoms with Gasteiger partial charge in [-0.15, -0.1) is 0 Å². The summed E-state index contributed by atoms with van der Waals surface area (Å²) in [7, 11) is 0. The molecule has 1 amide bonds. The number of allylic oxidation sites excluding steroid dienone is 1. The molecule has 0 atom stereocenters. The van der Waals surface area contributed by atoms with E-state index in [2.05, 4.69) is 34.2 Å². The van der Waals surface area contributed by atoms with Gasteiger partial charge in [0, 0.05) is 26.2 Å². The van der Waals surface area contributed by atoms with Crippen LogP contribution in [-0.2, 0) is 4.74 Å². The monoisotopic (exact) mass is 406 g/mol. The number of rotatable bonds is 3. The zero-order valence-electron chi connectivity index (χ0n) is 12.8. The van der Waals surface area contributed by atoms with Crippen LogP contribution in [0.3, 0.4) is 0 Å². The van der Waals surface area contributed by atoms with Gasteiger partial charge in [-0.1, -0.05) is 6.58 Å². The Bertz CT molecular complexity index is 446. The summed E-state index contributed by atoms with van der Waals surface area (Å²) in [5.74, 6) is 0.592. The molecule has 21 heavy (non-hydrogen) atoms. The maximum atomic E-state index is 11.9. The molecular weight excluding hydrogens is 383 g/mol. The lowest BCUT2D eigenvalue weighted by Gasteiger charge is -2.36. The predicted octanol–water partition coefficient (Wildman–Crippen LogP) is 2.32.